The zero-order valence-corrected chi connectivity index (χ0v) is 15.0. The Hall–Kier alpha value is -3.94. The predicted molar refractivity (Wildman–Crippen MR) is 104 cm³/mol. The van der Waals surface area contributed by atoms with E-state index in [0.29, 0.717) is 17.8 Å². The number of hydrogen-bond acceptors (Lipinski definition) is 6. The van der Waals surface area contributed by atoms with E-state index in [2.05, 4.69) is 25.3 Å². The van der Waals surface area contributed by atoms with Gasteiger partial charge in [-0.2, -0.15) is 9.61 Å². The second kappa shape index (κ2) is 6.34. The highest BCUT2D eigenvalue weighted by Crippen LogP contribution is 2.27. The van der Waals surface area contributed by atoms with Gasteiger partial charge in [0.05, 0.1) is 23.5 Å². The van der Waals surface area contributed by atoms with Crippen LogP contribution in [-0.2, 0) is 6.54 Å². The molecule has 0 unspecified atom stereocenters. The van der Waals surface area contributed by atoms with Crippen molar-refractivity contribution in [3.05, 3.63) is 82.8 Å². The lowest BCUT2D eigenvalue weighted by molar-refractivity contribution is 0.720. The molecule has 0 N–H and O–H groups in total. The Morgan fingerprint density at radius 1 is 0.929 bits per heavy atom. The number of aromatic nitrogens is 7. The van der Waals surface area contributed by atoms with Crippen molar-refractivity contribution in [3.8, 4) is 11.1 Å². The van der Waals surface area contributed by atoms with E-state index in [0.717, 1.165) is 22.5 Å². The molecular weight excluding hydrogens is 354 g/mol. The van der Waals surface area contributed by atoms with Crippen LogP contribution >= 0.6 is 0 Å². The quantitative estimate of drug-likeness (QED) is 0.484. The van der Waals surface area contributed by atoms with E-state index in [-0.39, 0.29) is 11.1 Å². The summed E-state index contributed by atoms with van der Waals surface area (Å²) in [5.41, 5.74) is 4.30. The summed E-state index contributed by atoms with van der Waals surface area (Å²) in [6.45, 7) is 2.22. The van der Waals surface area contributed by atoms with Gasteiger partial charge in [-0.3, -0.25) is 14.3 Å². The Kier molecular flexibility index (Phi) is 3.68. The summed E-state index contributed by atoms with van der Waals surface area (Å²) in [6.07, 6.45) is 3.19. The average Bonchev–Trinajstić information content (AvgIpc) is 3.07. The number of pyridine rings is 1. The summed E-state index contributed by atoms with van der Waals surface area (Å²) < 4.78 is 3.06. The maximum Gasteiger partial charge on any atom is 0.283 e. The van der Waals surface area contributed by atoms with E-state index in [9.17, 15) is 4.79 Å². The molecule has 0 aliphatic carbocycles. The SMILES string of the molecule is Cc1nn2c(nnc3c(=O)n(Cc4ccccn4)cnc32)c1-c1ccccc1. The Labute approximate surface area is 159 Å². The van der Waals surface area contributed by atoms with Gasteiger partial charge in [0, 0.05) is 6.20 Å². The summed E-state index contributed by atoms with van der Waals surface area (Å²) in [7, 11) is 0. The first-order chi connectivity index (χ1) is 13.7. The van der Waals surface area contributed by atoms with Gasteiger partial charge >= 0.3 is 0 Å². The van der Waals surface area contributed by atoms with Crippen LogP contribution in [0.1, 0.15) is 11.4 Å². The van der Waals surface area contributed by atoms with Crippen LogP contribution in [0.25, 0.3) is 27.9 Å². The van der Waals surface area contributed by atoms with E-state index < -0.39 is 0 Å². The molecule has 4 aromatic heterocycles. The molecule has 5 aromatic rings. The molecule has 0 atom stereocenters. The fourth-order valence-corrected chi connectivity index (χ4v) is 3.29. The molecule has 0 fully saturated rings. The number of nitrogens with zero attached hydrogens (tertiary/aromatic N) is 7. The molecule has 0 radical (unpaired) electrons. The molecule has 4 heterocycles. The first kappa shape index (κ1) is 16.2. The number of benzene rings is 1. The summed E-state index contributed by atoms with van der Waals surface area (Å²) in [5, 5.41) is 13.0. The van der Waals surface area contributed by atoms with Crippen LogP contribution in [0.15, 0.2) is 65.8 Å². The van der Waals surface area contributed by atoms with Crippen molar-refractivity contribution in [1.29, 1.82) is 0 Å². The molecule has 136 valence electrons. The smallest absolute Gasteiger partial charge is 0.283 e. The molecule has 8 heteroatoms. The van der Waals surface area contributed by atoms with Gasteiger partial charge in [-0.1, -0.05) is 36.4 Å². The van der Waals surface area contributed by atoms with E-state index in [1.807, 2.05) is 55.5 Å². The maximum atomic E-state index is 12.9. The second-order valence-electron chi connectivity index (χ2n) is 6.43. The Morgan fingerprint density at radius 2 is 1.75 bits per heavy atom. The molecule has 0 bridgehead atoms. The second-order valence-corrected chi connectivity index (χ2v) is 6.43. The average molecular weight is 369 g/mol. The number of fused-ring (bicyclic) bond motifs is 3. The monoisotopic (exact) mass is 369 g/mol. The highest BCUT2D eigenvalue weighted by molar-refractivity contribution is 5.83. The largest absolute Gasteiger partial charge is 0.291 e. The van der Waals surface area contributed by atoms with Crippen molar-refractivity contribution in [2.24, 2.45) is 0 Å². The third-order valence-electron chi connectivity index (χ3n) is 4.60. The third-order valence-corrected chi connectivity index (χ3v) is 4.60. The van der Waals surface area contributed by atoms with E-state index in [4.69, 9.17) is 0 Å². The highest BCUT2D eigenvalue weighted by atomic mass is 16.1. The number of aryl methyl sites for hydroxylation is 1. The zero-order chi connectivity index (χ0) is 19.1. The molecule has 1 aromatic carbocycles. The minimum atomic E-state index is -0.278. The Balaban J connectivity index is 1.70. The van der Waals surface area contributed by atoms with Crippen molar-refractivity contribution in [3.63, 3.8) is 0 Å². The van der Waals surface area contributed by atoms with E-state index in [1.54, 1.807) is 10.7 Å². The topological polar surface area (TPSA) is 90.9 Å². The van der Waals surface area contributed by atoms with Crippen molar-refractivity contribution in [1.82, 2.24) is 34.3 Å². The van der Waals surface area contributed by atoms with Gasteiger partial charge in [0.25, 0.3) is 5.56 Å². The molecule has 0 amide bonds. The fraction of sp³-hybridized carbons (Fsp3) is 0.100. The first-order valence-corrected chi connectivity index (χ1v) is 8.79. The van der Waals surface area contributed by atoms with Crippen LogP contribution in [0, 0.1) is 6.92 Å². The number of hydrogen-bond donors (Lipinski definition) is 0. The zero-order valence-electron chi connectivity index (χ0n) is 15.0. The molecular formula is C20H15N7O. The third kappa shape index (κ3) is 2.54. The fourth-order valence-electron chi connectivity index (χ4n) is 3.29. The normalized spacial score (nSPS) is 11.3. The molecule has 0 aliphatic rings. The van der Waals surface area contributed by atoms with Crippen molar-refractivity contribution in [2.45, 2.75) is 13.5 Å². The lowest BCUT2D eigenvalue weighted by Gasteiger charge is -2.06. The number of rotatable bonds is 3. The highest BCUT2D eigenvalue weighted by Gasteiger charge is 2.18. The standard InChI is InChI=1S/C20H15N7O/c1-13-16(14-7-3-2-4-8-14)18-24-23-17-19(27(18)25-13)22-12-26(20(17)28)11-15-9-5-6-10-21-15/h2-10,12H,11H2,1H3. The summed E-state index contributed by atoms with van der Waals surface area (Å²) in [5.74, 6) is 0. The minimum absolute atomic E-state index is 0.174. The van der Waals surface area contributed by atoms with Gasteiger partial charge in [0.15, 0.2) is 16.8 Å². The van der Waals surface area contributed by atoms with Crippen LogP contribution in [0.3, 0.4) is 0 Å². The van der Waals surface area contributed by atoms with Gasteiger partial charge in [-0.15, -0.1) is 10.2 Å². The van der Waals surface area contributed by atoms with Gasteiger partial charge < -0.3 is 0 Å². The summed E-state index contributed by atoms with van der Waals surface area (Å²) in [4.78, 5) is 21.6. The van der Waals surface area contributed by atoms with Crippen LogP contribution in [0.4, 0.5) is 0 Å². The molecule has 5 rings (SSSR count). The van der Waals surface area contributed by atoms with Gasteiger partial charge in [0.1, 0.15) is 6.33 Å². The van der Waals surface area contributed by atoms with Crippen molar-refractivity contribution in [2.75, 3.05) is 0 Å². The molecule has 8 nitrogen and oxygen atoms in total. The summed E-state index contributed by atoms with van der Waals surface area (Å²) >= 11 is 0. The van der Waals surface area contributed by atoms with Crippen LogP contribution < -0.4 is 5.56 Å². The molecule has 0 saturated heterocycles. The molecule has 0 spiro atoms. The van der Waals surface area contributed by atoms with E-state index >= 15 is 0 Å². The Morgan fingerprint density at radius 3 is 2.54 bits per heavy atom. The van der Waals surface area contributed by atoms with Crippen molar-refractivity contribution >= 4 is 16.8 Å². The molecule has 0 aliphatic heterocycles. The summed E-state index contributed by atoms with van der Waals surface area (Å²) in [6, 6.07) is 15.4. The maximum absolute atomic E-state index is 12.9. The first-order valence-electron chi connectivity index (χ1n) is 8.79. The minimum Gasteiger partial charge on any atom is -0.291 e. The van der Waals surface area contributed by atoms with Gasteiger partial charge in [0.2, 0.25) is 0 Å². The van der Waals surface area contributed by atoms with Crippen LogP contribution in [-0.4, -0.2) is 34.3 Å². The van der Waals surface area contributed by atoms with Crippen LogP contribution in [0.2, 0.25) is 0 Å². The van der Waals surface area contributed by atoms with Gasteiger partial charge in [-0.05, 0) is 24.6 Å². The Bertz CT molecular complexity index is 1360. The predicted octanol–water partition coefficient (Wildman–Crippen LogP) is 2.25. The molecule has 0 saturated carbocycles. The molecule has 28 heavy (non-hydrogen) atoms. The van der Waals surface area contributed by atoms with E-state index in [1.165, 1.54) is 10.9 Å². The van der Waals surface area contributed by atoms with Crippen LogP contribution in [0.5, 0.6) is 0 Å². The van der Waals surface area contributed by atoms with Gasteiger partial charge in [-0.25, -0.2) is 4.98 Å². The lowest BCUT2D eigenvalue weighted by Crippen LogP contribution is -2.23. The lowest BCUT2D eigenvalue weighted by atomic mass is 10.1. The van der Waals surface area contributed by atoms with Crippen molar-refractivity contribution < 1.29 is 0 Å².